The van der Waals surface area contributed by atoms with Gasteiger partial charge >= 0.3 is 0 Å². The van der Waals surface area contributed by atoms with Gasteiger partial charge in [-0.2, -0.15) is 0 Å². The number of anilines is 1. The summed E-state index contributed by atoms with van der Waals surface area (Å²) in [5.74, 6) is 0.393. The molecule has 0 bridgehead atoms. The van der Waals surface area contributed by atoms with E-state index in [-0.39, 0.29) is 18.2 Å². The van der Waals surface area contributed by atoms with Crippen molar-refractivity contribution in [3.8, 4) is 5.75 Å². The molecule has 2 aromatic carbocycles. The second-order valence-electron chi connectivity index (χ2n) is 6.85. The predicted octanol–water partition coefficient (Wildman–Crippen LogP) is 4.29. The minimum Gasteiger partial charge on any atom is -0.497 e. The van der Waals surface area contributed by atoms with Crippen LogP contribution in [0.4, 0.5) is 11.4 Å². The smallest absolute Gasteiger partial charge is 0.238 e. The van der Waals surface area contributed by atoms with E-state index in [9.17, 15) is 9.59 Å². The Morgan fingerprint density at radius 2 is 2.07 bits per heavy atom. The van der Waals surface area contributed by atoms with Gasteiger partial charge in [0.05, 0.1) is 12.8 Å². The fourth-order valence-corrected chi connectivity index (χ4v) is 4.27. The number of nitrogens with zero attached hydrogens (tertiary/aromatic N) is 2. The third kappa shape index (κ3) is 4.98. The number of amides is 2. The SMILES string of the molecule is CCN1C(=O)CC(C(=O)Nc2ccc(C)cc2C)SC1=Nc1cccc(OC)c1. The number of ether oxygens (including phenoxy) is 1. The molecule has 1 fully saturated rings. The van der Waals surface area contributed by atoms with Crippen LogP contribution in [0.1, 0.15) is 24.5 Å². The minimum atomic E-state index is -0.532. The standard InChI is InChI=1S/C22H25N3O3S/c1-5-25-20(26)13-19(21(27)24-18-10-9-14(2)11-15(18)3)29-22(25)23-16-7-6-8-17(12-16)28-4/h6-12,19H,5,13H2,1-4H3,(H,24,27). The summed E-state index contributed by atoms with van der Waals surface area (Å²) in [4.78, 5) is 31.8. The van der Waals surface area contributed by atoms with Gasteiger partial charge in [0.1, 0.15) is 11.0 Å². The monoisotopic (exact) mass is 411 g/mol. The summed E-state index contributed by atoms with van der Waals surface area (Å²) >= 11 is 1.31. The maximum absolute atomic E-state index is 12.9. The molecule has 2 amide bonds. The first-order valence-electron chi connectivity index (χ1n) is 9.49. The second kappa shape index (κ2) is 9.13. The molecule has 1 aliphatic rings. The summed E-state index contributed by atoms with van der Waals surface area (Å²) in [6, 6.07) is 13.2. The summed E-state index contributed by atoms with van der Waals surface area (Å²) in [6.45, 7) is 6.36. The maximum atomic E-state index is 12.9. The molecule has 152 valence electrons. The van der Waals surface area contributed by atoms with Gasteiger partial charge in [0, 0.05) is 24.7 Å². The van der Waals surface area contributed by atoms with E-state index in [2.05, 4.69) is 10.3 Å². The first kappa shape index (κ1) is 20.9. The molecular formula is C22H25N3O3S. The van der Waals surface area contributed by atoms with Gasteiger partial charge in [0.25, 0.3) is 0 Å². The molecule has 3 rings (SSSR count). The van der Waals surface area contributed by atoms with E-state index in [0.717, 1.165) is 16.8 Å². The van der Waals surface area contributed by atoms with Gasteiger partial charge in [-0.1, -0.05) is 35.5 Å². The quantitative estimate of drug-likeness (QED) is 0.797. The van der Waals surface area contributed by atoms with E-state index in [4.69, 9.17) is 4.74 Å². The van der Waals surface area contributed by atoms with E-state index in [1.807, 2.05) is 57.2 Å². The van der Waals surface area contributed by atoms with Gasteiger partial charge < -0.3 is 10.1 Å². The molecule has 1 N–H and O–H groups in total. The van der Waals surface area contributed by atoms with Crippen molar-refractivity contribution in [3.05, 3.63) is 53.6 Å². The van der Waals surface area contributed by atoms with Crippen LogP contribution in [-0.4, -0.2) is 40.8 Å². The van der Waals surface area contributed by atoms with Crippen molar-refractivity contribution in [2.75, 3.05) is 19.0 Å². The predicted molar refractivity (Wildman–Crippen MR) is 118 cm³/mol. The Kier molecular flexibility index (Phi) is 6.59. The number of aliphatic imine (C=N–C) groups is 1. The van der Waals surface area contributed by atoms with Crippen LogP contribution in [0, 0.1) is 13.8 Å². The molecule has 1 saturated heterocycles. The second-order valence-corrected chi connectivity index (χ2v) is 8.02. The highest BCUT2D eigenvalue weighted by molar-refractivity contribution is 8.15. The van der Waals surface area contributed by atoms with Crippen molar-refractivity contribution in [3.63, 3.8) is 0 Å². The van der Waals surface area contributed by atoms with E-state index in [0.29, 0.717) is 23.1 Å². The molecule has 0 spiro atoms. The van der Waals surface area contributed by atoms with Crippen LogP contribution in [0.2, 0.25) is 0 Å². The molecule has 7 heteroatoms. The van der Waals surface area contributed by atoms with Crippen molar-refractivity contribution in [1.82, 2.24) is 4.90 Å². The Morgan fingerprint density at radius 3 is 2.76 bits per heavy atom. The van der Waals surface area contributed by atoms with Gasteiger partial charge in [-0.15, -0.1) is 0 Å². The Hall–Kier alpha value is -2.80. The van der Waals surface area contributed by atoms with Crippen molar-refractivity contribution in [2.45, 2.75) is 32.4 Å². The van der Waals surface area contributed by atoms with Crippen molar-refractivity contribution in [1.29, 1.82) is 0 Å². The molecule has 2 aromatic rings. The number of carbonyl (C=O) groups is 2. The van der Waals surface area contributed by atoms with Crippen molar-refractivity contribution < 1.29 is 14.3 Å². The summed E-state index contributed by atoms with van der Waals surface area (Å²) in [5.41, 5.74) is 3.56. The first-order chi connectivity index (χ1) is 13.9. The number of hydrogen-bond donors (Lipinski definition) is 1. The molecule has 0 aromatic heterocycles. The van der Waals surface area contributed by atoms with E-state index in [1.165, 1.54) is 11.8 Å². The van der Waals surface area contributed by atoms with Crippen LogP contribution in [-0.2, 0) is 9.59 Å². The van der Waals surface area contributed by atoms with E-state index in [1.54, 1.807) is 18.1 Å². The fourth-order valence-electron chi connectivity index (χ4n) is 3.11. The minimum absolute atomic E-state index is 0.103. The number of thioether (sulfide) groups is 1. The highest BCUT2D eigenvalue weighted by atomic mass is 32.2. The van der Waals surface area contributed by atoms with Crippen molar-refractivity contribution >= 4 is 40.1 Å². The lowest BCUT2D eigenvalue weighted by Gasteiger charge is -2.31. The third-order valence-electron chi connectivity index (χ3n) is 4.67. The number of carbonyl (C=O) groups excluding carboxylic acids is 2. The first-order valence-corrected chi connectivity index (χ1v) is 10.4. The Bertz CT molecular complexity index is 958. The number of hydrogen-bond acceptors (Lipinski definition) is 5. The molecule has 1 atom stereocenters. The summed E-state index contributed by atoms with van der Waals surface area (Å²) < 4.78 is 5.24. The lowest BCUT2D eigenvalue weighted by Crippen LogP contribution is -2.45. The number of aryl methyl sites for hydroxylation is 2. The maximum Gasteiger partial charge on any atom is 0.238 e. The summed E-state index contributed by atoms with van der Waals surface area (Å²) in [5, 5.41) is 2.95. The Labute approximate surface area is 175 Å². The number of amidine groups is 1. The van der Waals surface area contributed by atoms with Crippen LogP contribution < -0.4 is 10.1 Å². The van der Waals surface area contributed by atoms with Gasteiger partial charge in [0.2, 0.25) is 11.8 Å². The molecule has 29 heavy (non-hydrogen) atoms. The average Bonchev–Trinajstić information content (AvgIpc) is 2.70. The van der Waals surface area contributed by atoms with Crippen LogP contribution >= 0.6 is 11.8 Å². The largest absolute Gasteiger partial charge is 0.497 e. The van der Waals surface area contributed by atoms with E-state index >= 15 is 0 Å². The van der Waals surface area contributed by atoms with Gasteiger partial charge in [-0.25, -0.2) is 4.99 Å². The fraction of sp³-hybridized carbons (Fsp3) is 0.318. The molecule has 1 aliphatic heterocycles. The van der Waals surface area contributed by atoms with Crippen LogP contribution in [0.25, 0.3) is 0 Å². The third-order valence-corrected chi connectivity index (χ3v) is 5.85. The number of rotatable bonds is 5. The zero-order valence-electron chi connectivity index (χ0n) is 17.1. The molecule has 0 aliphatic carbocycles. The molecule has 0 saturated carbocycles. The average molecular weight is 412 g/mol. The zero-order chi connectivity index (χ0) is 21.0. The molecule has 1 heterocycles. The highest BCUT2D eigenvalue weighted by Gasteiger charge is 2.35. The van der Waals surface area contributed by atoms with Crippen molar-refractivity contribution in [2.24, 2.45) is 4.99 Å². The summed E-state index contributed by atoms with van der Waals surface area (Å²) in [6.07, 6.45) is 0.145. The molecular weight excluding hydrogens is 386 g/mol. The Balaban J connectivity index is 1.83. The topological polar surface area (TPSA) is 71.0 Å². The van der Waals surface area contributed by atoms with E-state index < -0.39 is 5.25 Å². The zero-order valence-corrected chi connectivity index (χ0v) is 17.9. The number of methoxy groups -OCH3 is 1. The normalized spacial score (nSPS) is 18.1. The van der Waals surface area contributed by atoms with Gasteiger partial charge in [-0.3, -0.25) is 14.5 Å². The van der Waals surface area contributed by atoms with Crippen LogP contribution in [0.5, 0.6) is 5.75 Å². The highest BCUT2D eigenvalue weighted by Crippen LogP contribution is 2.31. The molecule has 0 radical (unpaired) electrons. The van der Waals surface area contributed by atoms with Gasteiger partial charge in [-0.05, 0) is 44.5 Å². The van der Waals surface area contributed by atoms with Crippen LogP contribution in [0.15, 0.2) is 47.5 Å². The van der Waals surface area contributed by atoms with Crippen LogP contribution in [0.3, 0.4) is 0 Å². The molecule has 6 nitrogen and oxygen atoms in total. The Morgan fingerprint density at radius 1 is 1.28 bits per heavy atom. The summed E-state index contributed by atoms with van der Waals surface area (Å²) in [7, 11) is 1.59. The lowest BCUT2D eigenvalue weighted by atomic mass is 10.1. The molecule has 1 unspecified atom stereocenters. The lowest BCUT2D eigenvalue weighted by molar-refractivity contribution is -0.129. The number of benzene rings is 2. The number of nitrogens with one attached hydrogen (secondary N) is 1. The van der Waals surface area contributed by atoms with Gasteiger partial charge in [0.15, 0.2) is 5.17 Å².